The first-order valence-electron chi connectivity index (χ1n) is 5.27. The Bertz CT molecular complexity index is 567. The van der Waals surface area contributed by atoms with E-state index in [1.54, 1.807) is 24.3 Å². The van der Waals surface area contributed by atoms with Crippen LogP contribution in [0.3, 0.4) is 0 Å². The number of nitrogens with zero attached hydrogens (tertiary/aromatic N) is 1. The molecule has 2 rings (SSSR count). The van der Waals surface area contributed by atoms with Crippen molar-refractivity contribution in [2.24, 2.45) is 10.3 Å². The molecule has 0 spiro atoms. The van der Waals surface area contributed by atoms with Crippen LogP contribution in [-0.2, 0) is 10.0 Å². The Labute approximate surface area is 109 Å². The molecule has 17 heavy (non-hydrogen) atoms. The zero-order valence-electron chi connectivity index (χ0n) is 9.51. The van der Waals surface area contributed by atoms with Crippen molar-refractivity contribution in [3.63, 3.8) is 0 Å². The minimum atomic E-state index is -3.57. The molecule has 1 heterocycles. The average molecular weight is 317 g/mol. The molecule has 0 amide bonds. The second kappa shape index (κ2) is 4.42. The van der Waals surface area contributed by atoms with E-state index in [9.17, 15) is 8.42 Å². The largest absolute Gasteiger partial charge is 0.341 e. The highest BCUT2D eigenvalue weighted by Gasteiger charge is 2.28. The zero-order chi connectivity index (χ0) is 12.6. The van der Waals surface area contributed by atoms with Crippen LogP contribution in [0.2, 0.25) is 0 Å². The predicted molar refractivity (Wildman–Crippen MR) is 72.2 cm³/mol. The van der Waals surface area contributed by atoms with E-state index >= 15 is 0 Å². The standard InChI is InChI=1S/C11H13BrN2O2S/c1-7(2)10(12)11-13-8-5-3-4-6-9(8)17(15,16)14-11/h3-7,10H,1-2H3,(H,13,14)/t10-/m0/s1. The third kappa shape index (κ3) is 2.37. The van der Waals surface area contributed by atoms with Gasteiger partial charge in [0.1, 0.15) is 10.7 Å². The Balaban J connectivity index is 2.49. The van der Waals surface area contributed by atoms with Gasteiger partial charge in [0.15, 0.2) is 0 Å². The third-order valence-corrected chi connectivity index (χ3v) is 5.33. The number of para-hydroxylation sites is 1. The molecule has 4 nitrogen and oxygen atoms in total. The molecule has 1 aromatic rings. The van der Waals surface area contributed by atoms with Crippen molar-refractivity contribution in [2.45, 2.75) is 23.6 Å². The topological polar surface area (TPSA) is 58.5 Å². The van der Waals surface area contributed by atoms with Gasteiger partial charge in [0, 0.05) is 0 Å². The van der Waals surface area contributed by atoms with E-state index < -0.39 is 10.0 Å². The van der Waals surface area contributed by atoms with Gasteiger partial charge in [0.25, 0.3) is 10.0 Å². The van der Waals surface area contributed by atoms with Crippen molar-refractivity contribution in [3.05, 3.63) is 24.3 Å². The molecule has 1 N–H and O–H groups in total. The summed E-state index contributed by atoms with van der Waals surface area (Å²) in [6, 6.07) is 6.77. The number of hydrogen-bond donors (Lipinski definition) is 1. The summed E-state index contributed by atoms with van der Waals surface area (Å²) in [6.07, 6.45) is 0. The summed E-state index contributed by atoms with van der Waals surface area (Å²) >= 11 is 3.45. The van der Waals surface area contributed by atoms with E-state index in [1.165, 1.54) is 0 Å². The summed E-state index contributed by atoms with van der Waals surface area (Å²) < 4.78 is 27.7. The Morgan fingerprint density at radius 3 is 2.59 bits per heavy atom. The molecule has 1 aliphatic rings. The summed E-state index contributed by atoms with van der Waals surface area (Å²) in [5, 5.41) is 3.06. The highest BCUT2D eigenvalue weighted by atomic mass is 79.9. The van der Waals surface area contributed by atoms with Crippen LogP contribution in [0, 0.1) is 5.92 Å². The number of anilines is 1. The molecule has 0 saturated carbocycles. The van der Waals surface area contributed by atoms with Crippen LogP contribution in [-0.4, -0.2) is 19.1 Å². The number of rotatable bonds is 2. The molecule has 0 saturated heterocycles. The minimum Gasteiger partial charge on any atom is -0.341 e. The van der Waals surface area contributed by atoms with Gasteiger partial charge in [-0.1, -0.05) is 41.9 Å². The van der Waals surface area contributed by atoms with E-state index in [-0.39, 0.29) is 15.6 Å². The SMILES string of the molecule is CC(C)[C@H](Br)C1=NS(=O)(=O)c2ccccc2N1. The number of nitrogens with one attached hydrogen (secondary N) is 1. The molecular weight excluding hydrogens is 304 g/mol. The quantitative estimate of drug-likeness (QED) is 0.853. The van der Waals surface area contributed by atoms with Gasteiger partial charge in [0.2, 0.25) is 0 Å². The van der Waals surface area contributed by atoms with Crippen LogP contribution >= 0.6 is 15.9 Å². The minimum absolute atomic E-state index is 0.106. The van der Waals surface area contributed by atoms with Gasteiger partial charge < -0.3 is 5.32 Å². The molecule has 0 radical (unpaired) electrons. The van der Waals surface area contributed by atoms with E-state index in [1.807, 2.05) is 13.8 Å². The van der Waals surface area contributed by atoms with Gasteiger partial charge in [-0.25, -0.2) is 0 Å². The maximum absolute atomic E-state index is 12.0. The molecule has 0 aromatic heterocycles. The fourth-order valence-electron chi connectivity index (χ4n) is 1.57. The molecule has 0 bridgehead atoms. The van der Waals surface area contributed by atoms with Crippen LogP contribution in [0.25, 0.3) is 0 Å². The van der Waals surface area contributed by atoms with E-state index in [4.69, 9.17) is 0 Å². The first kappa shape index (κ1) is 12.6. The number of sulfonamides is 1. The van der Waals surface area contributed by atoms with E-state index in [0.29, 0.717) is 11.5 Å². The smallest absolute Gasteiger partial charge is 0.286 e. The summed E-state index contributed by atoms with van der Waals surface area (Å²) in [7, 11) is -3.57. The van der Waals surface area contributed by atoms with Gasteiger partial charge in [-0.2, -0.15) is 8.42 Å². The molecule has 0 fully saturated rings. The fourth-order valence-corrected chi connectivity index (χ4v) is 3.09. The number of amidine groups is 1. The molecule has 0 aliphatic carbocycles. The van der Waals surface area contributed by atoms with E-state index in [0.717, 1.165) is 0 Å². The maximum atomic E-state index is 12.0. The first-order valence-corrected chi connectivity index (χ1v) is 7.62. The van der Waals surface area contributed by atoms with Crippen LogP contribution < -0.4 is 5.32 Å². The van der Waals surface area contributed by atoms with Crippen molar-refractivity contribution in [1.82, 2.24) is 0 Å². The second-order valence-electron chi connectivity index (χ2n) is 4.22. The molecule has 1 aliphatic heterocycles. The summed E-state index contributed by atoms with van der Waals surface area (Å²) in [5.74, 6) is 0.695. The van der Waals surface area contributed by atoms with Crippen LogP contribution in [0.15, 0.2) is 33.6 Å². The lowest BCUT2D eigenvalue weighted by Gasteiger charge is -2.23. The molecule has 1 atom stereocenters. The lowest BCUT2D eigenvalue weighted by Crippen LogP contribution is -2.31. The van der Waals surface area contributed by atoms with Gasteiger partial charge in [0.05, 0.1) is 10.5 Å². The van der Waals surface area contributed by atoms with Crippen molar-refractivity contribution >= 4 is 37.5 Å². The Hall–Kier alpha value is -0.880. The highest BCUT2D eigenvalue weighted by molar-refractivity contribution is 9.10. The predicted octanol–water partition coefficient (Wildman–Crippen LogP) is 2.62. The van der Waals surface area contributed by atoms with Crippen molar-refractivity contribution in [3.8, 4) is 0 Å². The lowest BCUT2D eigenvalue weighted by molar-refractivity contribution is 0.597. The summed E-state index contributed by atoms with van der Waals surface area (Å²) in [5.41, 5.74) is 0.586. The lowest BCUT2D eigenvalue weighted by atomic mass is 10.1. The van der Waals surface area contributed by atoms with Crippen LogP contribution in [0.5, 0.6) is 0 Å². The Kier molecular flexibility index (Phi) is 3.27. The van der Waals surface area contributed by atoms with Gasteiger partial charge in [-0.05, 0) is 18.1 Å². The van der Waals surface area contributed by atoms with Crippen molar-refractivity contribution in [2.75, 3.05) is 5.32 Å². The molecule has 0 unspecified atom stereocenters. The number of fused-ring (bicyclic) bond motifs is 1. The molecule has 1 aromatic carbocycles. The van der Waals surface area contributed by atoms with Crippen LogP contribution in [0.4, 0.5) is 5.69 Å². The van der Waals surface area contributed by atoms with Crippen LogP contribution in [0.1, 0.15) is 13.8 Å². The summed E-state index contributed by atoms with van der Waals surface area (Å²) in [6.45, 7) is 3.99. The zero-order valence-corrected chi connectivity index (χ0v) is 11.9. The van der Waals surface area contributed by atoms with Crippen molar-refractivity contribution in [1.29, 1.82) is 0 Å². The number of hydrogen-bond acceptors (Lipinski definition) is 3. The average Bonchev–Trinajstić information content (AvgIpc) is 2.27. The van der Waals surface area contributed by atoms with E-state index in [2.05, 4.69) is 25.6 Å². The molecular formula is C11H13BrN2O2S. The van der Waals surface area contributed by atoms with Gasteiger partial charge in [-0.15, -0.1) is 4.40 Å². The highest BCUT2D eigenvalue weighted by Crippen LogP contribution is 2.29. The Morgan fingerprint density at radius 1 is 1.29 bits per heavy atom. The third-order valence-electron chi connectivity index (χ3n) is 2.49. The van der Waals surface area contributed by atoms with Crippen molar-refractivity contribution < 1.29 is 8.42 Å². The monoisotopic (exact) mass is 316 g/mol. The second-order valence-corrected chi connectivity index (χ2v) is 6.78. The Morgan fingerprint density at radius 2 is 1.94 bits per heavy atom. The summed E-state index contributed by atoms with van der Waals surface area (Å²) in [4.78, 5) is 0.123. The number of halogens is 1. The molecule has 92 valence electrons. The number of alkyl halides is 1. The maximum Gasteiger partial charge on any atom is 0.286 e. The first-order chi connectivity index (χ1) is 7.92. The molecule has 6 heteroatoms. The normalized spacial score (nSPS) is 19.2. The van der Waals surface area contributed by atoms with Gasteiger partial charge >= 0.3 is 0 Å². The number of benzene rings is 1. The van der Waals surface area contributed by atoms with Gasteiger partial charge in [-0.3, -0.25) is 0 Å². The fraction of sp³-hybridized carbons (Fsp3) is 0.364.